The van der Waals surface area contributed by atoms with Crippen molar-refractivity contribution in [1.82, 2.24) is 9.88 Å². The van der Waals surface area contributed by atoms with Crippen LogP contribution in [0.1, 0.15) is 24.1 Å². The summed E-state index contributed by atoms with van der Waals surface area (Å²) in [6, 6.07) is 3.05. The molecule has 1 aliphatic heterocycles. The molecule has 1 N–H and O–H groups in total. The maximum absolute atomic E-state index is 12.0. The van der Waals surface area contributed by atoms with E-state index in [1.165, 1.54) is 4.90 Å². The topological polar surface area (TPSA) is 70.5 Å². The predicted molar refractivity (Wildman–Crippen MR) is 65.0 cm³/mol. The van der Waals surface area contributed by atoms with Gasteiger partial charge in [0.2, 0.25) is 5.91 Å². The van der Waals surface area contributed by atoms with Crippen LogP contribution in [0.4, 0.5) is 0 Å². The zero-order chi connectivity index (χ0) is 13.1. The van der Waals surface area contributed by atoms with Crippen molar-refractivity contribution in [3.05, 3.63) is 29.6 Å². The van der Waals surface area contributed by atoms with Gasteiger partial charge in [-0.25, -0.2) is 4.79 Å². The van der Waals surface area contributed by atoms with E-state index in [2.05, 4.69) is 4.98 Å². The molecule has 5 nitrogen and oxygen atoms in total. The Hall–Kier alpha value is -1.91. The first-order valence-electron chi connectivity index (χ1n) is 6.02. The van der Waals surface area contributed by atoms with Crippen molar-refractivity contribution < 1.29 is 14.7 Å². The molecule has 1 atom stereocenters. The van der Waals surface area contributed by atoms with E-state index in [-0.39, 0.29) is 12.3 Å². The Morgan fingerprint density at radius 2 is 2.28 bits per heavy atom. The van der Waals surface area contributed by atoms with Gasteiger partial charge in [-0.1, -0.05) is 6.07 Å². The van der Waals surface area contributed by atoms with E-state index < -0.39 is 12.0 Å². The summed E-state index contributed by atoms with van der Waals surface area (Å²) in [5.41, 5.74) is 1.72. The minimum atomic E-state index is -0.914. The molecule has 18 heavy (non-hydrogen) atoms. The number of hydrogen-bond acceptors (Lipinski definition) is 3. The van der Waals surface area contributed by atoms with E-state index in [0.717, 1.165) is 17.7 Å². The zero-order valence-electron chi connectivity index (χ0n) is 10.3. The van der Waals surface area contributed by atoms with Gasteiger partial charge in [0.05, 0.1) is 6.42 Å². The highest BCUT2D eigenvalue weighted by Gasteiger charge is 2.33. The number of likely N-dealkylation sites (tertiary alicyclic amines) is 1. The number of carbonyl (C=O) groups is 2. The first-order chi connectivity index (χ1) is 8.58. The molecule has 1 aliphatic rings. The number of aromatic nitrogens is 1. The van der Waals surface area contributed by atoms with Gasteiger partial charge in [0, 0.05) is 18.4 Å². The van der Waals surface area contributed by atoms with E-state index in [1.54, 1.807) is 6.20 Å². The molecule has 0 radical (unpaired) electrons. The summed E-state index contributed by atoms with van der Waals surface area (Å²) in [5, 5.41) is 9.03. The van der Waals surface area contributed by atoms with E-state index in [9.17, 15) is 9.59 Å². The smallest absolute Gasteiger partial charge is 0.326 e. The molecular weight excluding hydrogens is 232 g/mol. The molecule has 1 fully saturated rings. The van der Waals surface area contributed by atoms with Crippen molar-refractivity contribution >= 4 is 11.9 Å². The lowest BCUT2D eigenvalue weighted by molar-refractivity contribution is -0.148. The van der Waals surface area contributed by atoms with Crippen LogP contribution in [0.5, 0.6) is 0 Å². The standard InChI is InChI=1S/C13H16N2O3/c1-9-4-5-10(8-14-9)7-12(16)15-6-2-3-11(15)13(17)18/h4-5,8,11H,2-3,6-7H2,1H3,(H,17,18). The summed E-state index contributed by atoms with van der Waals surface area (Å²) in [5.74, 6) is -1.05. The SMILES string of the molecule is Cc1ccc(CC(=O)N2CCCC2C(=O)O)cn1. The molecule has 1 aromatic heterocycles. The average molecular weight is 248 g/mol. The molecule has 5 heteroatoms. The Morgan fingerprint density at radius 3 is 2.89 bits per heavy atom. The van der Waals surface area contributed by atoms with Gasteiger partial charge in [0.25, 0.3) is 0 Å². The second-order valence-corrected chi connectivity index (χ2v) is 4.57. The molecule has 1 saturated heterocycles. The third-order valence-corrected chi connectivity index (χ3v) is 3.19. The molecule has 0 bridgehead atoms. The fourth-order valence-corrected chi connectivity index (χ4v) is 2.20. The minimum absolute atomic E-state index is 0.134. The van der Waals surface area contributed by atoms with Crippen molar-refractivity contribution in [3.63, 3.8) is 0 Å². The number of carboxylic acids is 1. The largest absolute Gasteiger partial charge is 0.480 e. The molecule has 0 aromatic carbocycles. The molecule has 0 saturated carbocycles. The number of amides is 1. The Balaban J connectivity index is 2.03. The number of pyridine rings is 1. The van der Waals surface area contributed by atoms with Crippen LogP contribution in [0.3, 0.4) is 0 Å². The average Bonchev–Trinajstić information content (AvgIpc) is 2.81. The number of rotatable bonds is 3. The third kappa shape index (κ3) is 2.67. The van der Waals surface area contributed by atoms with Crippen LogP contribution >= 0.6 is 0 Å². The summed E-state index contributed by atoms with van der Waals surface area (Å²) in [7, 11) is 0. The molecule has 96 valence electrons. The van der Waals surface area contributed by atoms with E-state index in [1.807, 2.05) is 19.1 Å². The molecule has 2 heterocycles. The van der Waals surface area contributed by atoms with Crippen molar-refractivity contribution in [1.29, 1.82) is 0 Å². The zero-order valence-corrected chi connectivity index (χ0v) is 10.3. The van der Waals surface area contributed by atoms with Crippen molar-refractivity contribution in [2.24, 2.45) is 0 Å². The molecule has 1 unspecified atom stereocenters. The summed E-state index contributed by atoms with van der Waals surface area (Å²) >= 11 is 0. The number of nitrogens with zero attached hydrogens (tertiary/aromatic N) is 2. The summed E-state index contributed by atoms with van der Waals surface area (Å²) < 4.78 is 0. The maximum Gasteiger partial charge on any atom is 0.326 e. The number of aryl methyl sites for hydroxylation is 1. The lowest BCUT2D eigenvalue weighted by atomic mass is 10.1. The number of hydrogen-bond donors (Lipinski definition) is 1. The van der Waals surface area contributed by atoms with Gasteiger partial charge in [-0.3, -0.25) is 9.78 Å². The van der Waals surface area contributed by atoms with Gasteiger partial charge in [0.15, 0.2) is 0 Å². The number of carbonyl (C=O) groups excluding carboxylic acids is 1. The van der Waals surface area contributed by atoms with Crippen LogP contribution in [-0.2, 0) is 16.0 Å². The Labute approximate surface area is 105 Å². The molecule has 2 rings (SSSR count). The highest BCUT2D eigenvalue weighted by Crippen LogP contribution is 2.18. The second-order valence-electron chi connectivity index (χ2n) is 4.57. The second kappa shape index (κ2) is 5.16. The summed E-state index contributed by atoms with van der Waals surface area (Å²) in [6.07, 6.45) is 3.19. The molecule has 0 aliphatic carbocycles. The van der Waals surface area contributed by atoms with Crippen LogP contribution < -0.4 is 0 Å². The van der Waals surface area contributed by atoms with E-state index >= 15 is 0 Å². The van der Waals surface area contributed by atoms with Gasteiger partial charge in [0.1, 0.15) is 6.04 Å². The highest BCUT2D eigenvalue weighted by atomic mass is 16.4. The monoisotopic (exact) mass is 248 g/mol. The van der Waals surface area contributed by atoms with Gasteiger partial charge in [-0.05, 0) is 31.4 Å². The Kier molecular flexibility index (Phi) is 3.60. The quantitative estimate of drug-likeness (QED) is 0.866. The normalized spacial score (nSPS) is 18.9. The number of aliphatic carboxylic acids is 1. The first-order valence-corrected chi connectivity index (χ1v) is 6.02. The van der Waals surface area contributed by atoms with E-state index in [4.69, 9.17) is 5.11 Å². The maximum atomic E-state index is 12.0. The summed E-state index contributed by atoms with van der Waals surface area (Å²) in [6.45, 7) is 2.42. The third-order valence-electron chi connectivity index (χ3n) is 3.19. The lowest BCUT2D eigenvalue weighted by Gasteiger charge is -2.21. The van der Waals surface area contributed by atoms with Crippen molar-refractivity contribution in [2.45, 2.75) is 32.2 Å². The molecular formula is C13H16N2O3. The molecule has 1 aromatic rings. The van der Waals surface area contributed by atoms with Crippen molar-refractivity contribution in [2.75, 3.05) is 6.54 Å². The number of carboxylic acid groups (broad SMARTS) is 1. The first kappa shape index (κ1) is 12.5. The fraction of sp³-hybridized carbons (Fsp3) is 0.462. The minimum Gasteiger partial charge on any atom is -0.480 e. The lowest BCUT2D eigenvalue weighted by Crippen LogP contribution is -2.41. The van der Waals surface area contributed by atoms with Crippen LogP contribution in [-0.4, -0.2) is 39.5 Å². The van der Waals surface area contributed by atoms with Gasteiger partial charge in [-0.2, -0.15) is 0 Å². The Bertz CT molecular complexity index is 456. The van der Waals surface area contributed by atoms with Crippen LogP contribution in [0.25, 0.3) is 0 Å². The van der Waals surface area contributed by atoms with Crippen LogP contribution in [0, 0.1) is 6.92 Å². The van der Waals surface area contributed by atoms with Gasteiger partial charge < -0.3 is 10.0 Å². The van der Waals surface area contributed by atoms with Gasteiger partial charge >= 0.3 is 5.97 Å². The Morgan fingerprint density at radius 1 is 1.50 bits per heavy atom. The predicted octanol–water partition coefficient (Wildman–Crippen LogP) is 1.01. The van der Waals surface area contributed by atoms with Crippen molar-refractivity contribution in [3.8, 4) is 0 Å². The highest BCUT2D eigenvalue weighted by molar-refractivity contribution is 5.85. The van der Waals surface area contributed by atoms with Crippen LogP contribution in [0.2, 0.25) is 0 Å². The van der Waals surface area contributed by atoms with Gasteiger partial charge in [-0.15, -0.1) is 0 Å². The summed E-state index contributed by atoms with van der Waals surface area (Å²) in [4.78, 5) is 28.6. The van der Waals surface area contributed by atoms with Crippen LogP contribution in [0.15, 0.2) is 18.3 Å². The van der Waals surface area contributed by atoms with E-state index in [0.29, 0.717) is 13.0 Å². The molecule has 1 amide bonds. The molecule has 0 spiro atoms. The fourth-order valence-electron chi connectivity index (χ4n) is 2.20.